The molecule has 110 valence electrons. The first-order chi connectivity index (χ1) is 9.12. The van der Waals surface area contributed by atoms with Crippen molar-refractivity contribution in [3.63, 3.8) is 0 Å². The number of rotatable bonds is 5. The highest BCUT2D eigenvalue weighted by Gasteiger charge is 2.50. The van der Waals surface area contributed by atoms with Gasteiger partial charge in [0.05, 0.1) is 15.7 Å². The van der Waals surface area contributed by atoms with Gasteiger partial charge in [0.15, 0.2) is 9.84 Å². The van der Waals surface area contributed by atoms with E-state index < -0.39 is 20.0 Å². The lowest BCUT2D eigenvalue weighted by atomic mass is 9.75. The van der Waals surface area contributed by atoms with Crippen molar-refractivity contribution >= 4 is 9.84 Å². The van der Waals surface area contributed by atoms with Crippen molar-refractivity contribution in [1.29, 1.82) is 5.26 Å². The van der Waals surface area contributed by atoms with Crippen molar-refractivity contribution in [3.8, 4) is 6.07 Å². The summed E-state index contributed by atoms with van der Waals surface area (Å²) >= 11 is 0. The lowest BCUT2D eigenvalue weighted by Crippen LogP contribution is -2.48. The van der Waals surface area contributed by atoms with Crippen LogP contribution in [-0.4, -0.2) is 13.2 Å². The predicted molar refractivity (Wildman–Crippen MR) is 81.1 cm³/mol. The van der Waals surface area contributed by atoms with Crippen molar-refractivity contribution in [2.75, 3.05) is 0 Å². The van der Waals surface area contributed by atoms with Crippen molar-refractivity contribution in [1.82, 2.24) is 0 Å². The van der Waals surface area contributed by atoms with Gasteiger partial charge in [-0.25, -0.2) is 8.42 Å². The number of nitriles is 1. The molecule has 1 rings (SSSR count). The second kappa shape index (κ2) is 5.57. The maximum Gasteiger partial charge on any atom is 0.184 e. The van der Waals surface area contributed by atoms with E-state index in [0.717, 1.165) is 5.56 Å². The smallest absolute Gasteiger partial charge is 0.184 e. The Morgan fingerprint density at radius 3 is 2.05 bits per heavy atom. The minimum absolute atomic E-state index is 0.211. The van der Waals surface area contributed by atoms with E-state index in [9.17, 15) is 8.42 Å². The third-order valence-electron chi connectivity index (χ3n) is 4.55. The molecule has 0 aliphatic rings. The van der Waals surface area contributed by atoms with Gasteiger partial charge in [0.25, 0.3) is 0 Å². The van der Waals surface area contributed by atoms with E-state index in [1.54, 1.807) is 31.2 Å². The second-order valence-corrected chi connectivity index (χ2v) is 8.50. The zero-order valence-electron chi connectivity index (χ0n) is 12.9. The molecule has 1 aromatic rings. The van der Waals surface area contributed by atoms with Crippen LogP contribution in [-0.2, 0) is 9.84 Å². The van der Waals surface area contributed by atoms with Crippen LogP contribution in [0.15, 0.2) is 29.2 Å². The lowest BCUT2D eigenvalue weighted by molar-refractivity contribution is 0.251. The fraction of sp³-hybridized carbons (Fsp3) is 0.562. The molecular formula is C16H23NO2S. The molecule has 0 spiro atoms. The minimum Gasteiger partial charge on any atom is -0.223 e. The summed E-state index contributed by atoms with van der Waals surface area (Å²) in [6.45, 7) is 9.25. The van der Waals surface area contributed by atoms with E-state index in [4.69, 9.17) is 5.26 Å². The van der Waals surface area contributed by atoms with Crippen LogP contribution < -0.4 is 0 Å². The van der Waals surface area contributed by atoms with Crippen LogP contribution in [0.4, 0.5) is 0 Å². The van der Waals surface area contributed by atoms with E-state index in [1.807, 2.05) is 27.7 Å². The van der Waals surface area contributed by atoms with Crippen molar-refractivity contribution in [2.24, 2.45) is 5.41 Å². The van der Waals surface area contributed by atoms with Gasteiger partial charge in [-0.15, -0.1) is 0 Å². The molecular weight excluding hydrogens is 270 g/mol. The molecule has 1 atom stereocenters. The molecule has 0 amide bonds. The van der Waals surface area contributed by atoms with Gasteiger partial charge < -0.3 is 0 Å². The van der Waals surface area contributed by atoms with Crippen LogP contribution in [0.5, 0.6) is 0 Å². The van der Waals surface area contributed by atoms with Gasteiger partial charge in [0, 0.05) is 6.42 Å². The van der Waals surface area contributed by atoms with E-state index in [1.165, 1.54) is 0 Å². The molecule has 3 nitrogen and oxygen atoms in total. The SMILES string of the molecule is CCC(C)(C(C)(C)CC#N)S(=O)(=O)c1ccc(C)cc1. The molecule has 0 aliphatic heterocycles. The zero-order valence-corrected chi connectivity index (χ0v) is 13.7. The Kier molecular flexibility index (Phi) is 4.66. The molecule has 4 heteroatoms. The Hall–Kier alpha value is -1.34. The quantitative estimate of drug-likeness (QED) is 0.827. The number of nitrogens with zero attached hydrogens (tertiary/aromatic N) is 1. The van der Waals surface area contributed by atoms with Crippen LogP contribution in [0.3, 0.4) is 0 Å². The Balaban J connectivity index is 3.43. The highest BCUT2D eigenvalue weighted by Crippen LogP contribution is 2.45. The Morgan fingerprint density at radius 2 is 1.65 bits per heavy atom. The van der Waals surface area contributed by atoms with Crippen LogP contribution in [0, 0.1) is 23.7 Å². The molecule has 0 saturated heterocycles. The van der Waals surface area contributed by atoms with Crippen molar-refractivity contribution < 1.29 is 8.42 Å². The summed E-state index contributed by atoms with van der Waals surface area (Å²) in [5.74, 6) is 0. The Morgan fingerprint density at radius 1 is 1.15 bits per heavy atom. The third-order valence-corrected chi connectivity index (χ3v) is 7.47. The first-order valence-corrected chi connectivity index (χ1v) is 8.29. The average Bonchev–Trinajstić information content (AvgIpc) is 2.37. The van der Waals surface area contributed by atoms with E-state index in [0.29, 0.717) is 11.3 Å². The molecule has 1 aromatic carbocycles. The summed E-state index contributed by atoms with van der Waals surface area (Å²) in [6.07, 6.45) is 0.681. The average molecular weight is 293 g/mol. The summed E-state index contributed by atoms with van der Waals surface area (Å²) in [6, 6.07) is 9.04. The third kappa shape index (κ3) is 2.60. The fourth-order valence-electron chi connectivity index (χ4n) is 2.39. The summed E-state index contributed by atoms with van der Waals surface area (Å²) < 4.78 is 25.0. The van der Waals surface area contributed by atoms with Crippen LogP contribution in [0.1, 0.15) is 46.1 Å². The van der Waals surface area contributed by atoms with Gasteiger partial charge in [0.1, 0.15) is 0 Å². The van der Waals surface area contributed by atoms with Crippen molar-refractivity contribution in [2.45, 2.75) is 57.1 Å². The van der Waals surface area contributed by atoms with E-state index in [2.05, 4.69) is 6.07 Å². The maximum atomic E-state index is 13.0. The molecule has 20 heavy (non-hydrogen) atoms. The molecule has 0 saturated carbocycles. The van der Waals surface area contributed by atoms with Gasteiger partial charge in [-0.2, -0.15) is 5.26 Å². The molecule has 0 aromatic heterocycles. The topological polar surface area (TPSA) is 57.9 Å². The summed E-state index contributed by atoms with van der Waals surface area (Å²) in [7, 11) is -3.50. The minimum atomic E-state index is -3.50. The maximum absolute atomic E-state index is 13.0. The van der Waals surface area contributed by atoms with Gasteiger partial charge in [-0.3, -0.25) is 0 Å². The standard InChI is InChI=1S/C16H23NO2S/c1-6-16(5,15(3,4)11-12-17)20(18,19)14-9-7-13(2)8-10-14/h7-10H,6,11H2,1-5H3. The molecule has 0 bridgehead atoms. The van der Waals surface area contributed by atoms with E-state index in [-0.39, 0.29) is 6.42 Å². The number of hydrogen-bond donors (Lipinski definition) is 0. The van der Waals surface area contributed by atoms with Crippen molar-refractivity contribution in [3.05, 3.63) is 29.8 Å². The Bertz CT molecular complexity index is 609. The molecule has 0 fully saturated rings. The number of aryl methyl sites for hydroxylation is 1. The van der Waals surface area contributed by atoms with Gasteiger partial charge in [-0.05, 0) is 37.8 Å². The summed E-state index contributed by atoms with van der Waals surface area (Å²) in [4.78, 5) is 0.332. The number of benzene rings is 1. The van der Waals surface area contributed by atoms with Crippen LogP contribution >= 0.6 is 0 Å². The van der Waals surface area contributed by atoms with Crippen LogP contribution in [0.25, 0.3) is 0 Å². The Labute approximate surface area is 122 Å². The monoisotopic (exact) mass is 293 g/mol. The molecule has 1 unspecified atom stereocenters. The number of hydrogen-bond acceptors (Lipinski definition) is 3. The summed E-state index contributed by atoms with van der Waals surface area (Å²) in [5, 5.41) is 8.99. The highest BCUT2D eigenvalue weighted by molar-refractivity contribution is 7.92. The first-order valence-electron chi connectivity index (χ1n) is 6.80. The molecule has 0 radical (unpaired) electrons. The molecule has 0 N–H and O–H groups in total. The second-order valence-electron chi connectivity index (χ2n) is 6.12. The lowest BCUT2D eigenvalue weighted by Gasteiger charge is -2.41. The van der Waals surface area contributed by atoms with E-state index >= 15 is 0 Å². The molecule has 0 heterocycles. The van der Waals surface area contributed by atoms with Gasteiger partial charge in [0.2, 0.25) is 0 Å². The summed E-state index contributed by atoms with van der Waals surface area (Å²) in [5.41, 5.74) is 0.415. The first kappa shape index (κ1) is 16.7. The molecule has 0 aliphatic carbocycles. The highest BCUT2D eigenvalue weighted by atomic mass is 32.2. The fourth-order valence-corrected chi connectivity index (χ4v) is 4.59. The number of sulfone groups is 1. The normalized spacial score (nSPS) is 15.4. The zero-order chi connectivity index (χ0) is 15.6. The van der Waals surface area contributed by atoms with Gasteiger partial charge in [-0.1, -0.05) is 38.5 Å². The largest absolute Gasteiger partial charge is 0.223 e. The predicted octanol–water partition coefficient (Wildman–Crippen LogP) is 3.88. The van der Waals surface area contributed by atoms with Crippen LogP contribution in [0.2, 0.25) is 0 Å². The van der Waals surface area contributed by atoms with Gasteiger partial charge >= 0.3 is 0 Å².